The fourth-order valence-corrected chi connectivity index (χ4v) is 3.02. The molecule has 0 radical (unpaired) electrons. The van der Waals surface area contributed by atoms with Crippen LogP contribution in [0.2, 0.25) is 5.02 Å². The maximum Gasteiger partial charge on any atom is 0.308 e. The van der Waals surface area contributed by atoms with Crippen molar-refractivity contribution in [3.05, 3.63) is 75.9 Å². The van der Waals surface area contributed by atoms with Gasteiger partial charge in [0.25, 0.3) is 0 Å². The lowest BCUT2D eigenvalue weighted by Gasteiger charge is -2.08. The second-order valence-corrected chi connectivity index (χ2v) is 6.44. The summed E-state index contributed by atoms with van der Waals surface area (Å²) >= 11 is 5.94. The van der Waals surface area contributed by atoms with E-state index in [4.69, 9.17) is 16.3 Å². The largest absolute Gasteiger partial charge is 0.459 e. The van der Waals surface area contributed by atoms with Crippen LogP contribution in [0.1, 0.15) is 12.1 Å². The number of halogens is 1. The van der Waals surface area contributed by atoms with E-state index in [1.165, 1.54) is 6.20 Å². The Hall–Kier alpha value is -3.19. The molecule has 0 aliphatic rings. The number of fused-ring (bicyclic) bond motifs is 2. The van der Waals surface area contributed by atoms with Crippen LogP contribution in [0.25, 0.3) is 16.6 Å². The van der Waals surface area contributed by atoms with Gasteiger partial charge in [0.1, 0.15) is 12.3 Å². The van der Waals surface area contributed by atoms with Crippen LogP contribution >= 0.6 is 11.6 Å². The number of imidazole rings is 1. The van der Waals surface area contributed by atoms with Crippen LogP contribution < -0.4 is 5.43 Å². The standard InChI is InChI=1S/C19H15ClN4O3/c20-13-5-6-18-22-14(11-23(18)10-13)12-27-19(26)7-8-24-16-4-2-1-3-15(16)17(25)9-21-24/h1-6,9-11H,7-8,12H2. The number of rotatable bonds is 5. The molecule has 3 heterocycles. The molecule has 7 nitrogen and oxygen atoms in total. The van der Waals surface area contributed by atoms with Crippen molar-refractivity contribution < 1.29 is 9.53 Å². The Morgan fingerprint density at radius 3 is 2.89 bits per heavy atom. The number of hydrogen-bond donors (Lipinski definition) is 0. The summed E-state index contributed by atoms with van der Waals surface area (Å²) in [6, 6.07) is 10.7. The fourth-order valence-electron chi connectivity index (χ4n) is 2.85. The molecule has 0 atom stereocenters. The Labute approximate surface area is 158 Å². The Morgan fingerprint density at radius 2 is 2.00 bits per heavy atom. The lowest BCUT2D eigenvalue weighted by Crippen LogP contribution is -2.15. The molecule has 4 rings (SSSR count). The number of esters is 1. The summed E-state index contributed by atoms with van der Waals surface area (Å²) in [5, 5.41) is 5.28. The van der Waals surface area contributed by atoms with Crippen LogP contribution in [0.15, 0.2) is 59.8 Å². The van der Waals surface area contributed by atoms with Crippen LogP contribution in [0.3, 0.4) is 0 Å². The molecular weight excluding hydrogens is 368 g/mol. The molecule has 0 amide bonds. The first kappa shape index (κ1) is 17.2. The average Bonchev–Trinajstić information content (AvgIpc) is 3.08. The highest BCUT2D eigenvalue weighted by Crippen LogP contribution is 2.13. The molecule has 3 aromatic heterocycles. The van der Waals surface area contributed by atoms with Crippen LogP contribution in [-0.2, 0) is 22.7 Å². The predicted octanol–water partition coefficient (Wildman–Crippen LogP) is 2.83. The number of aromatic nitrogens is 4. The number of carbonyl (C=O) groups excluding carboxylic acids is 1. The highest BCUT2D eigenvalue weighted by atomic mass is 35.5. The molecule has 0 unspecified atom stereocenters. The minimum Gasteiger partial charge on any atom is -0.459 e. The van der Waals surface area contributed by atoms with Gasteiger partial charge in [-0.2, -0.15) is 5.10 Å². The van der Waals surface area contributed by atoms with E-state index in [-0.39, 0.29) is 24.4 Å². The number of para-hydroxylation sites is 1. The molecule has 27 heavy (non-hydrogen) atoms. The molecule has 4 aromatic rings. The Balaban J connectivity index is 1.40. The zero-order valence-corrected chi connectivity index (χ0v) is 15.0. The fraction of sp³-hybridized carbons (Fsp3) is 0.158. The van der Waals surface area contributed by atoms with Crippen LogP contribution in [0.4, 0.5) is 0 Å². The molecule has 0 saturated heterocycles. The summed E-state index contributed by atoms with van der Waals surface area (Å²) in [5.74, 6) is -0.366. The SMILES string of the molecule is O=C(CCn1ncc(=O)c2ccccc21)OCc1cn2cc(Cl)ccc2n1. The second-order valence-electron chi connectivity index (χ2n) is 6.00. The molecule has 136 valence electrons. The van der Waals surface area contributed by atoms with Crippen molar-refractivity contribution in [1.82, 2.24) is 19.2 Å². The molecular formula is C19H15ClN4O3. The van der Waals surface area contributed by atoms with E-state index in [1.54, 1.807) is 51.8 Å². The van der Waals surface area contributed by atoms with Gasteiger partial charge in [0.15, 0.2) is 0 Å². The predicted molar refractivity (Wildman–Crippen MR) is 101 cm³/mol. The van der Waals surface area contributed by atoms with Gasteiger partial charge in [-0.15, -0.1) is 0 Å². The third kappa shape index (κ3) is 3.68. The van der Waals surface area contributed by atoms with E-state index >= 15 is 0 Å². The molecule has 0 fully saturated rings. The molecule has 0 aliphatic heterocycles. The van der Waals surface area contributed by atoms with Gasteiger partial charge in [0, 0.05) is 17.8 Å². The van der Waals surface area contributed by atoms with E-state index in [1.807, 2.05) is 6.07 Å². The van der Waals surface area contributed by atoms with Gasteiger partial charge in [0.05, 0.1) is 35.4 Å². The number of carbonyl (C=O) groups is 1. The van der Waals surface area contributed by atoms with Gasteiger partial charge in [-0.3, -0.25) is 14.3 Å². The third-order valence-electron chi connectivity index (χ3n) is 4.14. The summed E-state index contributed by atoms with van der Waals surface area (Å²) in [4.78, 5) is 28.3. The van der Waals surface area contributed by atoms with Crippen molar-refractivity contribution in [2.45, 2.75) is 19.6 Å². The minimum absolute atomic E-state index is 0.0798. The normalized spacial score (nSPS) is 11.1. The maximum absolute atomic E-state index is 12.1. The molecule has 0 spiro atoms. The maximum atomic E-state index is 12.1. The van der Waals surface area contributed by atoms with Crippen LogP contribution in [0.5, 0.6) is 0 Å². The number of benzene rings is 1. The van der Waals surface area contributed by atoms with Crippen molar-refractivity contribution in [2.24, 2.45) is 0 Å². The van der Waals surface area contributed by atoms with Crippen LogP contribution in [0, 0.1) is 0 Å². The summed E-state index contributed by atoms with van der Waals surface area (Å²) in [6.07, 6.45) is 4.90. The summed E-state index contributed by atoms with van der Waals surface area (Å²) in [6.45, 7) is 0.400. The van der Waals surface area contributed by atoms with E-state index in [0.717, 1.165) is 5.65 Å². The lowest BCUT2D eigenvalue weighted by atomic mass is 10.2. The molecule has 0 aliphatic carbocycles. The van der Waals surface area contributed by atoms with Crippen LogP contribution in [-0.4, -0.2) is 25.1 Å². The molecule has 0 N–H and O–H groups in total. The van der Waals surface area contributed by atoms with Gasteiger partial charge in [0.2, 0.25) is 5.43 Å². The van der Waals surface area contributed by atoms with Crippen molar-refractivity contribution in [2.75, 3.05) is 0 Å². The van der Waals surface area contributed by atoms with E-state index in [9.17, 15) is 9.59 Å². The van der Waals surface area contributed by atoms with Gasteiger partial charge in [-0.05, 0) is 24.3 Å². The molecule has 1 aromatic carbocycles. The number of hydrogen-bond acceptors (Lipinski definition) is 5. The Bertz CT molecular complexity index is 1200. The number of nitrogens with zero attached hydrogens (tertiary/aromatic N) is 4. The van der Waals surface area contributed by atoms with Gasteiger partial charge >= 0.3 is 5.97 Å². The van der Waals surface area contributed by atoms with Gasteiger partial charge in [-0.25, -0.2) is 4.98 Å². The quantitative estimate of drug-likeness (QED) is 0.496. The molecule has 8 heteroatoms. The lowest BCUT2D eigenvalue weighted by molar-refractivity contribution is -0.145. The van der Waals surface area contributed by atoms with E-state index in [0.29, 0.717) is 28.2 Å². The minimum atomic E-state index is -0.366. The van der Waals surface area contributed by atoms with E-state index in [2.05, 4.69) is 10.1 Å². The van der Waals surface area contributed by atoms with Crippen molar-refractivity contribution in [3.8, 4) is 0 Å². The van der Waals surface area contributed by atoms with Gasteiger partial charge < -0.3 is 9.14 Å². The van der Waals surface area contributed by atoms with Crippen molar-refractivity contribution in [3.63, 3.8) is 0 Å². The summed E-state index contributed by atoms with van der Waals surface area (Å²) in [5.41, 5.74) is 1.92. The Kier molecular flexibility index (Phi) is 4.60. The first-order chi connectivity index (χ1) is 13.1. The summed E-state index contributed by atoms with van der Waals surface area (Å²) < 4.78 is 8.70. The number of aryl methyl sites for hydroxylation is 1. The molecule has 0 saturated carbocycles. The first-order valence-corrected chi connectivity index (χ1v) is 8.71. The van der Waals surface area contributed by atoms with Crippen molar-refractivity contribution in [1.29, 1.82) is 0 Å². The number of ether oxygens (including phenoxy) is 1. The third-order valence-corrected chi connectivity index (χ3v) is 4.36. The number of pyridine rings is 1. The zero-order valence-electron chi connectivity index (χ0n) is 14.2. The average molecular weight is 383 g/mol. The highest BCUT2D eigenvalue weighted by molar-refractivity contribution is 6.30. The van der Waals surface area contributed by atoms with Gasteiger partial charge in [-0.1, -0.05) is 23.7 Å². The van der Waals surface area contributed by atoms with E-state index < -0.39 is 0 Å². The smallest absolute Gasteiger partial charge is 0.308 e. The molecule has 0 bridgehead atoms. The Morgan fingerprint density at radius 1 is 1.15 bits per heavy atom. The monoisotopic (exact) mass is 382 g/mol. The second kappa shape index (κ2) is 7.20. The summed E-state index contributed by atoms with van der Waals surface area (Å²) in [7, 11) is 0. The topological polar surface area (TPSA) is 78.5 Å². The first-order valence-electron chi connectivity index (χ1n) is 8.34. The highest BCUT2D eigenvalue weighted by Gasteiger charge is 2.09. The van der Waals surface area contributed by atoms with Crippen molar-refractivity contribution >= 4 is 34.1 Å². The zero-order chi connectivity index (χ0) is 18.8.